The van der Waals surface area contributed by atoms with Crippen molar-refractivity contribution in [3.63, 3.8) is 0 Å². The number of rotatable bonds is 7. The van der Waals surface area contributed by atoms with Gasteiger partial charge in [0.2, 0.25) is 15.9 Å². The van der Waals surface area contributed by atoms with Crippen LogP contribution in [0.15, 0.2) is 42.5 Å². The molecule has 0 aromatic heterocycles. The van der Waals surface area contributed by atoms with Crippen LogP contribution >= 0.6 is 0 Å². The zero-order valence-electron chi connectivity index (χ0n) is 19.2. The van der Waals surface area contributed by atoms with E-state index in [0.717, 1.165) is 17.6 Å². The number of nitrogens with zero attached hydrogens (tertiary/aromatic N) is 1. The van der Waals surface area contributed by atoms with Crippen LogP contribution in [0.25, 0.3) is 0 Å². The van der Waals surface area contributed by atoms with Gasteiger partial charge in [-0.1, -0.05) is 18.2 Å². The summed E-state index contributed by atoms with van der Waals surface area (Å²) in [5.74, 6) is 1.77. The maximum atomic E-state index is 12.7. The third-order valence-electron chi connectivity index (χ3n) is 5.69. The lowest BCUT2D eigenvalue weighted by molar-refractivity contribution is -0.122. The molecule has 1 unspecified atom stereocenters. The van der Waals surface area contributed by atoms with E-state index >= 15 is 0 Å². The molecule has 0 spiro atoms. The summed E-state index contributed by atoms with van der Waals surface area (Å²) in [6, 6.07) is 12.6. The highest BCUT2D eigenvalue weighted by Crippen LogP contribution is 2.39. The van der Waals surface area contributed by atoms with Gasteiger partial charge in [-0.2, -0.15) is 0 Å². The first-order chi connectivity index (χ1) is 15.6. The summed E-state index contributed by atoms with van der Waals surface area (Å²) in [7, 11) is -3.54. The van der Waals surface area contributed by atoms with Gasteiger partial charge in [-0.05, 0) is 38.5 Å². The molecule has 2 aromatic carbocycles. The van der Waals surface area contributed by atoms with Crippen LogP contribution in [-0.4, -0.2) is 45.9 Å². The van der Waals surface area contributed by atoms with Gasteiger partial charge in [0.05, 0.1) is 18.0 Å². The molecule has 1 amide bonds. The van der Waals surface area contributed by atoms with Crippen LogP contribution in [0.3, 0.4) is 0 Å². The minimum absolute atomic E-state index is 0.122. The highest BCUT2D eigenvalue weighted by molar-refractivity contribution is 7.92. The van der Waals surface area contributed by atoms with Gasteiger partial charge in [-0.3, -0.25) is 9.10 Å². The van der Waals surface area contributed by atoms with Crippen LogP contribution in [0.4, 0.5) is 5.69 Å². The molecular weight excluding hydrogens is 444 g/mol. The van der Waals surface area contributed by atoms with Crippen molar-refractivity contribution in [3.05, 3.63) is 48.0 Å². The van der Waals surface area contributed by atoms with Crippen LogP contribution in [0.2, 0.25) is 0 Å². The maximum Gasteiger partial charge on any atom is 0.232 e. The molecule has 1 atom stereocenters. The smallest absolute Gasteiger partial charge is 0.232 e. The third-order valence-corrected chi connectivity index (χ3v) is 6.88. The van der Waals surface area contributed by atoms with Crippen molar-refractivity contribution < 1.29 is 27.4 Å². The van der Waals surface area contributed by atoms with Gasteiger partial charge in [0.25, 0.3) is 0 Å². The Morgan fingerprint density at radius 1 is 1.09 bits per heavy atom. The topological polar surface area (TPSA) is 94.2 Å². The fourth-order valence-corrected chi connectivity index (χ4v) is 5.21. The molecule has 8 nitrogen and oxygen atoms in total. The molecule has 1 N–H and O–H groups in total. The Morgan fingerprint density at radius 2 is 1.82 bits per heavy atom. The first-order valence-corrected chi connectivity index (χ1v) is 12.9. The summed E-state index contributed by atoms with van der Waals surface area (Å²) < 4.78 is 43.3. The van der Waals surface area contributed by atoms with E-state index in [-0.39, 0.29) is 24.9 Å². The molecule has 2 aromatic rings. The normalized spacial score (nSPS) is 18.6. The summed E-state index contributed by atoms with van der Waals surface area (Å²) in [5.41, 5.74) is 1.05. The number of hydrogen-bond acceptors (Lipinski definition) is 6. The summed E-state index contributed by atoms with van der Waals surface area (Å²) in [6.07, 6.45) is 2.39. The molecular formula is C24H30N2O6S. The van der Waals surface area contributed by atoms with Crippen LogP contribution in [0, 0.1) is 0 Å². The Morgan fingerprint density at radius 3 is 2.58 bits per heavy atom. The molecule has 9 heteroatoms. The lowest BCUT2D eigenvalue weighted by Gasteiger charge is -2.37. The van der Waals surface area contributed by atoms with Crippen LogP contribution in [0.1, 0.15) is 44.7 Å². The Bertz CT molecular complexity index is 1130. The lowest BCUT2D eigenvalue weighted by Crippen LogP contribution is -2.41. The number of hydrogen-bond donors (Lipinski definition) is 1. The molecule has 0 radical (unpaired) electrons. The fourth-order valence-electron chi connectivity index (χ4n) is 4.25. The lowest BCUT2D eigenvalue weighted by atomic mass is 9.89. The number of amides is 1. The van der Waals surface area contributed by atoms with E-state index in [0.29, 0.717) is 43.2 Å². The SMILES string of the molecule is CC1(C)CC(NC(=O)CCCN(c2ccc3c(c2)OCCO3)S(C)(=O)=O)c2ccccc2O1. The van der Waals surface area contributed by atoms with Crippen molar-refractivity contribution in [1.82, 2.24) is 5.32 Å². The monoisotopic (exact) mass is 474 g/mol. The molecule has 0 fully saturated rings. The first-order valence-electron chi connectivity index (χ1n) is 11.1. The van der Waals surface area contributed by atoms with E-state index in [1.807, 2.05) is 38.1 Å². The number of fused-ring (bicyclic) bond motifs is 2. The number of ether oxygens (including phenoxy) is 3. The Kier molecular flexibility index (Phi) is 6.43. The minimum atomic E-state index is -3.54. The van der Waals surface area contributed by atoms with E-state index in [1.54, 1.807) is 18.2 Å². The standard InChI is InChI=1S/C24H30N2O6S/c1-24(2)16-19(18-7-4-5-8-20(18)32-24)25-23(27)9-6-12-26(33(3,28)29)17-10-11-21-22(15-17)31-14-13-30-21/h4-5,7-8,10-11,15,19H,6,9,12-14,16H2,1-3H3,(H,25,27). The van der Waals surface area contributed by atoms with Crippen LogP contribution in [0.5, 0.6) is 17.2 Å². The van der Waals surface area contributed by atoms with Crippen molar-refractivity contribution >= 4 is 21.6 Å². The number of nitrogens with one attached hydrogen (secondary N) is 1. The molecule has 4 rings (SSSR count). The minimum Gasteiger partial charge on any atom is -0.487 e. The second-order valence-corrected chi connectivity index (χ2v) is 10.9. The molecule has 0 bridgehead atoms. The molecule has 2 aliphatic rings. The summed E-state index contributed by atoms with van der Waals surface area (Å²) in [4.78, 5) is 12.7. The van der Waals surface area contributed by atoms with Gasteiger partial charge in [0.15, 0.2) is 11.5 Å². The van der Waals surface area contributed by atoms with E-state index in [2.05, 4.69) is 5.32 Å². The van der Waals surface area contributed by atoms with Gasteiger partial charge < -0.3 is 19.5 Å². The van der Waals surface area contributed by atoms with Crippen molar-refractivity contribution in [1.29, 1.82) is 0 Å². The van der Waals surface area contributed by atoms with E-state index in [9.17, 15) is 13.2 Å². The quantitative estimate of drug-likeness (QED) is 0.661. The van der Waals surface area contributed by atoms with E-state index < -0.39 is 15.6 Å². The van der Waals surface area contributed by atoms with Crippen molar-refractivity contribution in [2.45, 2.75) is 44.8 Å². The zero-order valence-corrected chi connectivity index (χ0v) is 20.0. The summed E-state index contributed by atoms with van der Waals surface area (Å²) in [5, 5.41) is 3.10. The number of para-hydroxylation sites is 1. The number of carbonyl (C=O) groups is 1. The largest absolute Gasteiger partial charge is 0.487 e. The summed E-state index contributed by atoms with van der Waals surface area (Å²) >= 11 is 0. The number of anilines is 1. The molecule has 2 heterocycles. The molecule has 0 aliphatic carbocycles. The van der Waals surface area contributed by atoms with E-state index in [1.165, 1.54) is 4.31 Å². The second-order valence-electron chi connectivity index (χ2n) is 8.99. The molecule has 0 saturated carbocycles. The highest BCUT2D eigenvalue weighted by atomic mass is 32.2. The van der Waals surface area contributed by atoms with Gasteiger partial charge in [0, 0.05) is 31.0 Å². The summed E-state index contributed by atoms with van der Waals surface area (Å²) in [6.45, 7) is 5.06. The molecule has 33 heavy (non-hydrogen) atoms. The van der Waals surface area contributed by atoms with Crippen LogP contribution in [-0.2, 0) is 14.8 Å². The predicted molar refractivity (Wildman–Crippen MR) is 126 cm³/mol. The number of sulfonamides is 1. The van der Waals surface area contributed by atoms with Crippen molar-refractivity contribution in [2.75, 3.05) is 30.3 Å². The fraction of sp³-hybridized carbons (Fsp3) is 0.458. The molecule has 178 valence electrons. The first kappa shape index (κ1) is 23.2. The van der Waals surface area contributed by atoms with Gasteiger partial charge in [-0.15, -0.1) is 0 Å². The number of benzene rings is 2. The Labute approximate surface area is 194 Å². The predicted octanol–water partition coefficient (Wildman–Crippen LogP) is 3.42. The van der Waals surface area contributed by atoms with Gasteiger partial charge in [0.1, 0.15) is 24.6 Å². The average molecular weight is 475 g/mol. The van der Waals surface area contributed by atoms with Gasteiger partial charge >= 0.3 is 0 Å². The maximum absolute atomic E-state index is 12.7. The van der Waals surface area contributed by atoms with Crippen molar-refractivity contribution in [3.8, 4) is 17.2 Å². The van der Waals surface area contributed by atoms with E-state index in [4.69, 9.17) is 14.2 Å². The third kappa shape index (κ3) is 5.52. The van der Waals surface area contributed by atoms with Crippen molar-refractivity contribution in [2.24, 2.45) is 0 Å². The van der Waals surface area contributed by atoms with Gasteiger partial charge in [-0.25, -0.2) is 8.42 Å². The molecule has 0 saturated heterocycles. The second kappa shape index (κ2) is 9.13. The Balaban J connectivity index is 1.40. The number of carbonyl (C=O) groups excluding carboxylic acids is 1. The molecule has 2 aliphatic heterocycles. The highest BCUT2D eigenvalue weighted by Gasteiger charge is 2.34. The zero-order chi connectivity index (χ0) is 23.6. The average Bonchev–Trinajstić information content (AvgIpc) is 2.75. The Hall–Kier alpha value is -2.94. The van der Waals surface area contributed by atoms with Crippen LogP contribution < -0.4 is 23.8 Å².